The van der Waals surface area contributed by atoms with Crippen LogP contribution >= 0.6 is 11.6 Å². The molecule has 0 fully saturated rings. The van der Waals surface area contributed by atoms with Gasteiger partial charge < -0.3 is 0 Å². The summed E-state index contributed by atoms with van der Waals surface area (Å²) in [5.41, 5.74) is 0.659. The van der Waals surface area contributed by atoms with Gasteiger partial charge in [0, 0.05) is 12.6 Å². The summed E-state index contributed by atoms with van der Waals surface area (Å²) in [6.07, 6.45) is -4.51. The lowest BCUT2D eigenvalue weighted by Gasteiger charge is -2.06. The minimum atomic E-state index is -4.51. The van der Waals surface area contributed by atoms with Crippen molar-refractivity contribution in [2.24, 2.45) is 7.05 Å². The molecule has 0 spiro atoms. The molecule has 18 heavy (non-hydrogen) atoms. The number of rotatable bonds is 1. The van der Waals surface area contributed by atoms with Crippen molar-refractivity contribution in [3.63, 3.8) is 0 Å². The summed E-state index contributed by atoms with van der Waals surface area (Å²) in [7, 11) is 1.23. The van der Waals surface area contributed by atoms with E-state index >= 15 is 0 Å². The van der Waals surface area contributed by atoms with Gasteiger partial charge in [0.15, 0.2) is 5.69 Å². The summed E-state index contributed by atoms with van der Waals surface area (Å²) >= 11 is 5.82. The molecule has 0 amide bonds. The van der Waals surface area contributed by atoms with E-state index < -0.39 is 11.9 Å². The molecule has 2 aromatic rings. The van der Waals surface area contributed by atoms with Crippen LogP contribution in [0.15, 0.2) is 24.3 Å². The van der Waals surface area contributed by atoms with Crippen molar-refractivity contribution in [1.29, 1.82) is 0 Å². The summed E-state index contributed by atoms with van der Waals surface area (Å²) in [5.74, 6) is 0. The molecule has 1 aromatic carbocycles. The summed E-state index contributed by atoms with van der Waals surface area (Å²) in [6.45, 7) is 1.80. The molecule has 1 aromatic heterocycles. The highest BCUT2D eigenvalue weighted by Gasteiger charge is 2.39. The molecule has 0 radical (unpaired) electrons. The number of halogens is 4. The zero-order chi connectivity index (χ0) is 13.5. The Morgan fingerprint density at radius 2 is 1.83 bits per heavy atom. The van der Waals surface area contributed by atoms with Gasteiger partial charge in [-0.2, -0.15) is 18.3 Å². The highest BCUT2D eigenvalue weighted by atomic mass is 35.5. The lowest BCUT2D eigenvalue weighted by Crippen LogP contribution is -2.12. The number of hydrogen-bond acceptors (Lipinski definition) is 1. The van der Waals surface area contributed by atoms with Crippen molar-refractivity contribution in [3.05, 3.63) is 40.5 Å². The van der Waals surface area contributed by atoms with Crippen molar-refractivity contribution < 1.29 is 13.2 Å². The second-order valence-corrected chi connectivity index (χ2v) is 4.33. The monoisotopic (exact) mass is 274 g/mol. The fourth-order valence-electron chi connectivity index (χ4n) is 1.82. The lowest BCUT2D eigenvalue weighted by atomic mass is 10.1. The van der Waals surface area contributed by atoms with Crippen LogP contribution in [0.25, 0.3) is 11.3 Å². The molecule has 0 aliphatic heterocycles. The summed E-state index contributed by atoms with van der Waals surface area (Å²) in [5, 5.41) is 3.51. The zero-order valence-electron chi connectivity index (χ0n) is 9.72. The fourth-order valence-corrected chi connectivity index (χ4v) is 2.19. The van der Waals surface area contributed by atoms with E-state index in [-0.39, 0.29) is 10.7 Å². The van der Waals surface area contributed by atoms with Crippen LogP contribution in [0.1, 0.15) is 11.3 Å². The van der Waals surface area contributed by atoms with Crippen LogP contribution in [0.5, 0.6) is 0 Å². The maximum absolute atomic E-state index is 12.8. The second kappa shape index (κ2) is 4.31. The zero-order valence-corrected chi connectivity index (χ0v) is 10.5. The van der Waals surface area contributed by atoms with Gasteiger partial charge in [0.25, 0.3) is 0 Å². The SMILES string of the molecule is Cc1ccccc1-c1nn(C)c(C(F)(F)F)c1Cl. The number of alkyl halides is 3. The number of hydrogen-bond donors (Lipinski definition) is 0. The lowest BCUT2D eigenvalue weighted by molar-refractivity contribution is -0.143. The molecule has 6 heteroatoms. The molecule has 0 aliphatic carbocycles. The maximum atomic E-state index is 12.8. The van der Waals surface area contributed by atoms with Gasteiger partial charge >= 0.3 is 6.18 Å². The highest BCUT2D eigenvalue weighted by molar-refractivity contribution is 6.33. The van der Waals surface area contributed by atoms with Crippen LogP contribution in [0.2, 0.25) is 5.02 Å². The Morgan fingerprint density at radius 1 is 1.22 bits per heavy atom. The topological polar surface area (TPSA) is 17.8 Å². The predicted molar refractivity (Wildman–Crippen MR) is 63.4 cm³/mol. The predicted octanol–water partition coefficient (Wildman–Crippen LogP) is 4.07. The summed E-state index contributed by atoms with van der Waals surface area (Å²) in [6, 6.07) is 7.04. The van der Waals surface area contributed by atoms with Crippen molar-refractivity contribution in [2.75, 3.05) is 0 Å². The van der Waals surface area contributed by atoms with Gasteiger partial charge in [-0.05, 0) is 12.5 Å². The van der Waals surface area contributed by atoms with E-state index in [1.807, 2.05) is 0 Å². The van der Waals surface area contributed by atoms with E-state index in [9.17, 15) is 13.2 Å². The highest BCUT2D eigenvalue weighted by Crippen LogP contribution is 2.39. The van der Waals surface area contributed by atoms with Crippen molar-refractivity contribution >= 4 is 11.6 Å². The molecule has 2 nitrogen and oxygen atoms in total. The number of aromatic nitrogens is 2. The third-order valence-electron chi connectivity index (χ3n) is 2.66. The van der Waals surface area contributed by atoms with E-state index in [4.69, 9.17) is 11.6 Å². The van der Waals surface area contributed by atoms with Gasteiger partial charge in [-0.3, -0.25) is 4.68 Å². The van der Waals surface area contributed by atoms with Gasteiger partial charge in [-0.1, -0.05) is 35.9 Å². The van der Waals surface area contributed by atoms with E-state index in [1.54, 1.807) is 31.2 Å². The Balaban J connectivity index is 2.66. The van der Waals surface area contributed by atoms with Gasteiger partial charge in [-0.15, -0.1) is 0 Å². The third kappa shape index (κ3) is 2.10. The maximum Gasteiger partial charge on any atom is 0.434 e. The Kier molecular flexibility index (Phi) is 3.11. The van der Waals surface area contributed by atoms with Gasteiger partial charge in [0.05, 0.1) is 5.02 Å². The molecule has 2 rings (SSSR count). The Labute approximate surface area is 107 Å². The minimum Gasteiger partial charge on any atom is -0.262 e. The van der Waals surface area contributed by atoms with Crippen molar-refractivity contribution in [2.45, 2.75) is 13.1 Å². The van der Waals surface area contributed by atoms with Crippen LogP contribution in [0.3, 0.4) is 0 Å². The van der Waals surface area contributed by atoms with Crippen molar-refractivity contribution in [3.8, 4) is 11.3 Å². The van der Waals surface area contributed by atoms with Gasteiger partial charge in [-0.25, -0.2) is 0 Å². The molecule has 0 aliphatic rings. The summed E-state index contributed by atoms with van der Waals surface area (Å²) in [4.78, 5) is 0. The molecule has 0 saturated heterocycles. The molecule has 0 bridgehead atoms. The van der Waals surface area contributed by atoms with Crippen LogP contribution in [0, 0.1) is 6.92 Å². The normalized spacial score (nSPS) is 11.9. The molecular formula is C12H10ClF3N2. The Bertz CT molecular complexity index is 587. The average Bonchev–Trinajstić information content (AvgIpc) is 2.54. The number of benzene rings is 1. The first-order valence-electron chi connectivity index (χ1n) is 5.18. The summed E-state index contributed by atoms with van der Waals surface area (Å²) < 4.78 is 39.1. The van der Waals surface area contributed by atoms with E-state index in [0.29, 0.717) is 5.56 Å². The van der Waals surface area contributed by atoms with E-state index in [0.717, 1.165) is 10.2 Å². The average molecular weight is 275 g/mol. The minimum absolute atomic E-state index is 0.157. The van der Waals surface area contributed by atoms with Crippen LogP contribution in [0.4, 0.5) is 13.2 Å². The smallest absolute Gasteiger partial charge is 0.262 e. The molecule has 0 saturated carbocycles. The van der Waals surface area contributed by atoms with Crippen LogP contribution < -0.4 is 0 Å². The fraction of sp³-hybridized carbons (Fsp3) is 0.250. The Hall–Kier alpha value is -1.49. The number of nitrogens with zero attached hydrogens (tertiary/aromatic N) is 2. The second-order valence-electron chi connectivity index (χ2n) is 3.95. The molecule has 0 N–H and O–H groups in total. The molecule has 96 valence electrons. The molecular weight excluding hydrogens is 265 g/mol. The Morgan fingerprint density at radius 3 is 2.33 bits per heavy atom. The van der Waals surface area contributed by atoms with E-state index in [1.165, 1.54) is 7.05 Å². The molecule has 0 unspecified atom stereocenters. The number of aryl methyl sites for hydroxylation is 2. The van der Waals surface area contributed by atoms with Gasteiger partial charge in [0.1, 0.15) is 5.69 Å². The van der Waals surface area contributed by atoms with Crippen molar-refractivity contribution in [1.82, 2.24) is 9.78 Å². The first-order chi connectivity index (χ1) is 8.32. The quantitative estimate of drug-likeness (QED) is 0.766. The molecule has 0 atom stereocenters. The van der Waals surface area contributed by atoms with Crippen LogP contribution in [-0.2, 0) is 13.2 Å². The molecule has 1 heterocycles. The first kappa shape index (κ1) is 13.0. The third-order valence-corrected chi connectivity index (χ3v) is 3.02. The van der Waals surface area contributed by atoms with Crippen LogP contribution in [-0.4, -0.2) is 9.78 Å². The van der Waals surface area contributed by atoms with E-state index in [2.05, 4.69) is 5.10 Å². The van der Waals surface area contributed by atoms with Gasteiger partial charge in [0.2, 0.25) is 0 Å². The first-order valence-corrected chi connectivity index (χ1v) is 5.56. The standard InChI is InChI=1S/C12H10ClF3N2/c1-7-5-3-4-6-8(7)10-9(13)11(12(14,15)16)18(2)17-10/h3-6H,1-2H3. The largest absolute Gasteiger partial charge is 0.434 e.